The van der Waals surface area contributed by atoms with Gasteiger partial charge < -0.3 is 10.2 Å². The minimum absolute atomic E-state index is 0.495. The Morgan fingerprint density at radius 2 is 2.11 bits per heavy atom. The first-order chi connectivity index (χ1) is 8.83. The van der Waals surface area contributed by atoms with Crippen LogP contribution in [-0.4, -0.2) is 11.2 Å². The molecule has 0 spiro atoms. The molecule has 1 heterocycles. The summed E-state index contributed by atoms with van der Waals surface area (Å²) in [4.78, 5) is 5.26. The van der Waals surface area contributed by atoms with Crippen molar-refractivity contribution in [3.8, 4) is 5.75 Å². The van der Waals surface area contributed by atoms with Crippen LogP contribution >= 0.6 is 11.8 Å². The molecular weight excluding hydrogens is 246 g/mol. The van der Waals surface area contributed by atoms with Gasteiger partial charge >= 0.3 is 0 Å². The van der Waals surface area contributed by atoms with E-state index in [0.29, 0.717) is 12.4 Å². The van der Waals surface area contributed by atoms with Crippen LogP contribution in [0.5, 0.6) is 5.75 Å². The van der Waals surface area contributed by atoms with E-state index in [-0.39, 0.29) is 0 Å². The standard InChI is InChI=1S/C13H15N3OS/c1-18-12-5-3-2-4-11(12)17-9-10-6-7-13(16-14)15-8-10/h2-8H,9,14H2,1H3,(H,15,16). The molecule has 0 unspecified atom stereocenters. The summed E-state index contributed by atoms with van der Waals surface area (Å²) in [7, 11) is 0. The quantitative estimate of drug-likeness (QED) is 0.492. The van der Waals surface area contributed by atoms with Gasteiger partial charge in [0.25, 0.3) is 0 Å². The number of nitrogens with zero attached hydrogens (tertiary/aromatic N) is 1. The van der Waals surface area contributed by atoms with Gasteiger partial charge in [-0.2, -0.15) is 0 Å². The number of nitrogens with one attached hydrogen (secondary N) is 1. The van der Waals surface area contributed by atoms with Crippen LogP contribution in [0.25, 0.3) is 0 Å². The summed E-state index contributed by atoms with van der Waals surface area (Å²) < 4.78 is 5.78. The van der Waals surface area contributed by atoms with Crippen LogP contribution in [0.15, 0.2) is 47.5 Å². The molecule has 0 aliphatic heterocycles. The number of nitrogens with two attached hydrogens (primary N) is 1. The second-order valence-electron chi connectivity index (χ2n) is 3.64. The Morgan fingerprint density at radius 3 is 2.78 bits per heavy atom. The molecule has 94 valence electrons. The smallest absolute Gasteiger partial charge is 0.139 e. The number of aromatic nitrogens is 1. The predicted molar refractivity (Wildman–Crippen MR) is 74.6 cm³/mol. The fraction of sp³-hybridized carbons (Fsp3) is 0.154. The first kappa shape index (κ1) is 12.7. The van der Waals surface area contributed by atoms with E-state index in [1.165, 1.54) is 0 Å². The number of ether oxygens (including phenoxy) is 1. The molecule has 0 saturated heterocycles. The number of nitrogen functional groups attached to an aromatic ring is 1. The van der Waals surface area contributed by atoms with E-state index >= 15 is 0 Å². The SMILES string of the molecule is CSc1ccccc1OCc1ccc(NN)nc1. The highest BCUT2D eigenvalue weighted by Gasteiger charge is 2.02. The third-order valence-corrected chi connectivity index (χ3v) is 3.21. The molecule has 1 aromatic heterocycles. The normalized spacial score (nSPS) is 10.1. The maximum atomic E-state index is 5.78. The predicted octanol–water partition coefficient (Wildman–Crippen LogP) is 2.67. The van der Waals surface area contributed by atoms with E-state index in [9.17, 15) is 0 Å². The molecule has 0 bridgehead atoms. The van der Waals surface area contributed by atoms with E-state index in [1.807, 2.05) is 42.7 Å². The van der Waals surface area contributed by atoms with E-state index < -0.39 is 0 Å². The minimum Gasteiger partial charge on any atom is -0.488 e. The molecule has 1 aromatic carbocycles. The van der Waals surface area contributed by atoms with E-state index in [1.54, 1.807) is 18.0 Å². The summed E-state index contributed by atoms with van der Waals surface area (Å²) in [5.41, 5.74) is 3.50. The van der Waals surface area contributed by atoms with Crippen molar-refractivity contribution in [2.24, 2.45) is 5.84 Å². The van der Waals surface area contributed by atoms with Gasteiger partial charge in [0.05, 0.1) is 0 Å². The Balaban J connectivity index is 2.02. The summed E-state index contributed by atoms with van der Waals surface area (Å²) >= 11 is 1.67. The van der Waals surface area contributed by atoms with Crippen molar-refractivity contribution in [2.45, 2.75) is 11.5 Å². The summed E-state index contributed by atoms with van der Waals surface area (Å²) in [6.45, 7) is 0.495. The van der Waals surface area contributed by atoms with Crippen molar-refractivity contribution >= 4 is 17.6 Å². The summed E-state index contributed by atoms with van der Waals surface area (Å²) in [6.07, 6.45) is 3.78. The highest BCUT2D eigenvalue weighted by Crippen LogP contribution is 2.27. The zero-order valence-electron chi connectivity index (χ0n) is 10.1. The number of hydrogen-bond acceptors (Lipinski definition) is 5. The Kier molecular flexibility index (Phi) is 4.44. The third kappa shape index (κ3) is 3.15. The lowest BCUT2D eigenvalue weighted by Crippen LogP contribution is -2.08. The summed E-state index contributed by atoms with van der Waals surface area (Å²) in [6, 6.07) is 11.7. The Bertz CT molecular complexity index is 502. The third-order valence-electron chi connectivity index (χ3n) is 2.44. The highest BCUT2D eigenvalue weighted by molar-refractivity contribution is 7.98. The minimum atomic E-state index is 0.495. The maximum absolute atomic E-state index is 5.78. The fourth-order valence-corrected chi connectivity index (χ4v) is 2.04. The van der Waals surface area contributed by atoms with Crippen LogP contribution in [0.3, 0.4) is 0 Å². The number of rotatable bonds is 5. The second-order valence-corrected chi connectivity index (χ2v) is 4.48. The first-order valence-electron chi connectivity index (χ1n) is 5.51. The maximum Gasteiger partial charge on any atom is 0.139 e. The number of thioether (sulfide) groups is 1. The lowest BCUT2D eigenvalue weighted by molar-refractivity contribution is 0.298. The zero-order valence-corrected chi connectivity index (χ0v) is 10.9. The molecule has 4 nitrogen and oxygen atoms in total. The number of para-hydroxylation sites is 1. The average Bonchev–Trinajstić information content (AvgIpc) is 2.46. The van der Waals surface area contributed by atoms with Crippen LogP contribution in [0.4, 0.5) is 5.82 Å². The van der Waals surface area contributed by atoms with Gasteiger partial charge in [0.1, 0.15) is 18.2 Å². The lowest BCUT2D eigenvalue weighted by Gasteiger charge is -2.09. The molecule has 3 N–H and O–H groups in total. The number of pyridine rings is 1. The van der Waals surface area contributed by atoms with Gasteiger partial charge in [0.2, 0.25) is 0 Å². The largest absolute Gasteiger partial charge is 0.488 e. The van der Waals surface area contributed by atoms with Crippen LogP contribution in [0, 0.1) is 0 Å². The van der Waals surface area contributed by atoms with Gasteiger partial charge in [-0.1, -0.05) is 18.2 Å². The van der Waals surface area contributed by atoms with Crippen molar-refractivity contribution in [3.05, 3.63) is 48.2 Å². The Labute approximate surface area is 111 Å². The molecule has 18 heavy (non-hydrogen) atoms. The van der Waals surface area contributed by atoms with Gasteiger partial charge in [-0.3, -0.25) is 0 Å². The van der Waals surface area contributed by atoms with E-state index in [4.69, 9.17) is 10.6 Å². The molecule has 2 rings (SSSR count). The number of benzene rings is 1. The van der Waals surface area contributed by atoms with Crippen LogP contribution in [0.1, 0.15) is 5.56 Å². The molecular formula is C13H15N3OS. The fourth-order valence-electron chi connectivity index (χ4n) is 1.49. The van der Waals surface area contributed by atoms with Gasteiger partial charge in [0.15, 0.2) is 0 Å². The van der Waals surface area contributed by atoms with E-state index in [2.05, 4.69) is 10.4 Å². The van der Waals surface area contributed by atoms with Crippen LogP contribution in [-0.2, 0) is 6.61 Å². The topological polar surface area (TPSA) is 60.2 Å². The molecule has 0 saturated carbocycles. The van der Waals surface area contributed by atoms with Gasteiger partial charge in [0, 0.05) is 16.7 Å². The Hall–Kier alpha value is -1.72. The van der Waals surface area contributed by atoms with Gasteiger partial charge in [-0.05, 0) is 24.5 Å². The summed E-state index contributed by atoms with van der Waals surface area (Å²) in [5.74, 6) is 6.79. The van der Waals surface area contributed by atoms with Crippen molar-refractivity contribution in [1.82, 2.24) is 4.98 Å². The zero-order chi connectivity index (χ0) is 12.8. The van der Waals surface area contributed by atoms with Gasteiger partial charge in [-0.25, -0.2) is 10.8 Å². The Morgan fingerprint density at radius 1 is 1.28 bits per heavy atom. The number of hydrogen-bond donors (Lipinski definition) is 2. The van der Waals surface area contributed by atoms with Crippen molar-refractivity contribution in [1.29, 1.82) is 0 Å². The molecule has 0 radical (unpaired) electrons. The van der Waals surface area contributed by atoms with Crippen LogP contribution < -0.4 is 16.0 Å². The average molecular weight is 261 g/mol. The van der Waals surface area contributed by atoms with Crippen molar-refractivity contribution in [3.63, 3.8) is 0 Å². The monoisotopic (exact) mass is 261 g/mol. The molecule has 0 amide bonds. The van der Waals surface area contributed by atoms with Crippen molar-refractivity contribution < 1.29 is 4.74 Å². The highest BCUT2D eigenvalue weighted by atomic mass is 32.2. The molecule has 5 heteroatoms. The van der Waals surface area contributed by atoms with Gasteiger partial charge in [-0.15, -0.1) is 11.8 Å². The van der Waals surface area contributed by atoms with Crippen LogP contribution in [0.2, 0.25) is 0 Å². The second kappa shape index (κ2) is 6.28. The molecule has 2 aromatic rings. The first-order valence-corrected chi connectivity index (χ1v) is 6.73. The molecule has 0 fully saturated rings. The van der Waals surface area contributed by atoms with E-state index in [0.717, 1.165) is 16.2 Å². The lowest BCUT2D eigenvalue weighted by atomic mass is 10.3. The summed E-state index contributed by atoms with van der Waals surface area (Å²) in [5, 5.41) is 0. The molecule has 0 aliphatic rings. The molecule has 0 atom stereocenters. The molecule has 0 aliphatic carbocycles. The van der Waals surface area contributed by atoms with Crippen molar-refractivity contribution in [2.75, 3.05) is 11.7 Å². The number of hydrazine groups is 1. The number of anilines is 1.